The minimum atomic E-state index is -0.288. The van der Waals surface area contributed by atoms with Crippen LogP contribution < -0.4 is 5.32 Å². The number of tetrazole rings is 1. The maximum Gasteiger partial charge on any atom is 0.233 e. The van der Waals surface area contributed by atoms with Gasteiger partial charge in [-0.15, -0.1) is 5.10 Å². The fourth-order valence-electron chi connectivity index (χ4n) is 2.28. The van der Waals surface area contributed by atoms with Gasteiger partial charge in [0.2, 0.25) is 11.1 Å². The molecule has 7 heteroatoms. The predicted molar refractivity (Wildman–Crippen MR) is 97.0 cm³/mol. The van der Waals surface area contributed by atoms with Gasteiger partial charge in [-0.05, 0) is 28.5 Å². The van der Waals surface area contributed by atoms with E-state index in [4.69, 9.17) is 0 Å². The van der Waals surface area contributed by atoms with Gasteiger partial charge < -0.3 is 5.32 Å². The normalized spacial score (nSPS) is 11.9. The molecule has 1 aromatic heterocycles. The van der Waals surface area contributed by atoms with Crippen LogP contribution in [0.5, 0.6) is 0 Å². The van der Waals surface area contributed by atoms with E-state index in [1.54, 1.807) is 4.68 Å². The third-order valence-corrected chi connectivity index (χ3v) is 4.71. The third kappa shape index (κ3) is 4.90. The second kappa shape index (κ2) is 8.43. The molecule has 6 nitrogen and oxygen atoms in total. The van der Waals surface area contributed by atoms with Crippen LogP contribution in [0, 0.1) is 0 Å². The lowest BCUT2D eigenvalue weighted by Crippen LogP contribution is -2.30. The van der Waals surface area contributed by atoms with Gasteiger partial charge >= 0.3 is 0 Å². The van der Waals surface area contributed by atoms with Gasteiger partial charge in [-0.3, -0.25) is 4.79 Å². The van der Waals surface area contributed by atoms with Gasteiger partial charge in [0.05, 0.1) is 11.8 Å². The number of hydrogen-bond acceptors (Lipinski definition) is 5. The molecule has 0 aliphatic rings. The molecule has 0 unspecified atom stereocenters. The first-order valence-electron chi connectivity index (χ1n) is 8.01. The molecule has 0 aliphatic carbocycles. The highest BCUT2D eigenvalue weighted by molar-refractivity contribution is 8.00. The molecule has 0 fully saturated rings. The molecule has 0 aliphatic heterocycles. The van der Waals surface area contributed by atoms with Crippen LogP contribution >= 0.6 is 11.8 Å². The number of carbonyl (C=O) groups is 1. The van der Waals surface area contributed by atoms with E-state index in [0.717, 1.165) is 11.1 Å². The van der Waals surface area contributed by atoms with Crippen molar-refractivity contribution in [2.45, 2.75) is 30.4 Å². The highest BCUT2D eigenvalue weighted by atomic mass is 32.2. The van der Waals surface area contributed by atoms with Crippen LogP contribution in [0.4, 0.5) is 0 Å². The van der Waals surface area contributed by atoms with Crippen LogP contribution in [0.25, 0.3) is 0 Å². The van der Waals surface area contributed by atoms with Crippen molar-refractivity contribution in [1.82, 2.24) is 25.5 Å². The minimum Gasteiger partial charge on any atom is -0.351 e. The van der Waals surface area contributed by atoms with Crippen LogP contribution in [0.3, 0.4) is 0 Å². The number of amides is 1. The van der Waals surface area contributed by atoms with Crippen LogP contribution in [-0.2, 0) is 17.9 Å². The Balaban J connectivity index is 1.57. The van der Waals surface area contributed by atoms with Gasteiger partial charge in [0.15, 0.2) is 0 Å². The number of nitrogens with zero attached hydrogens (tertiary/aromatic N) is 4. The van der Waals surface area contributed by atoms with Crippen LogP contribution in [0.15, 0.2) is 65.8 Å². The maximum atomic E-state index is 12.3. The van der Waals surface area contributed by atoms with Crippen molar-refractivity contribution in [3.8, 4) is 0 Å². The summed E-state index contributed by atoms with van der Waals surface area (Å²) in [5, 5.41) is 15.1. The fourth-order valence-corrected chi connectivity index (χ4v) is 3.09. The van der Waals surface area contributed by atoms with E-state index in [-0.39, 0.29) is 11.2 Å². The second-order valence-electron chi connectivity index (χ2n) is 5.57. The van der Waals surface area contributed by atoms with Crippen molar-refractivity contribution in [2.24, 2.45) is 0 Å². The fraction of sp³-hybridized carbons (Fsp3) is 0.222. The van der Waals surface area contributed by atoms with Crippen molar-refractivity contribution >= 4 is 17.7 Å². The molecule has 1 N–H and O–H groups in total. The number of aromatic nitrogens is 4. The van der Waals surface area contributed by atoms with E-state index in [1.165, 1.54) is 11.8 Å². The quantitative estimate of drug-likeness (QED) is 0.661. The number of thioether (sulfide) groups is 1. The Morgan fingerprint density at radius 1 is 1.08 bits per heavy atom. The first-order chi connectivity index (χ1) is 12.2. The molecule has 0 bridgehead atoms. The molecule has 128 valence electrons. The lowest BCUT2D eigenvalue weighted by Gasteiger charge is -2.12. The van der Waals surface area contributed by atoms with E-state index in [1.807, 2.05) is 67.6 Å². The van der Waals surface area contributed by atoms with Crippen molar-refractivity contribution in [3.63, 3.8) is 0 Å². The summed E-state index contributed by atoms with van der Waals surface area (Å²) in [4.78, 5) is 12.3. The summed E-state index contributed by atoms with van der Waals surface area (Å²) in [5.74, 6) is -0.0388. The van der Waals surface area contributed by atoms with Gasteiger partial charge in [-0.1, -0.05) is 72.4 Å². The molecule has 0 radical (unpaired) electrons. The maximum absolute atomic E-state index is 12.3. The molecule has 25 heavy (non-hydrogen) atoms. The average Bonchev–Trinajstić information content (AvgIpc) is 3.08. The molecule has 1 amide bonds. The van der Waals surface area contributed by atoms with Crippen LogP contribution in [-0.4, -0.2) is 31.4 Å². The van der Waals surface area contributed by atoms with E-state index < -0.39 is 0 Å². The van der Waals surface area contributed by atoms with Gasteiger partial charge in [-0.2, -0.15) is 0 Å². The summed E-state index contributed by atoms with van der Waals surface area (Å²) in [6, 6.07) is 19.8. The zero-order valence-electron chi connectivity index (χ0n) is 13.9. The lowest BCUT2D eigenvalue weighted by atomic mass is 10.2. The van der Waals surface area contributed by atoms with E-state index >= 15 is 0 Å². The zero-order chi connectivity index (χ0) is 17.5. The van der Waals surface area contributed by atoms with Gasteiger partial charge in [0.1, 0.15) is 0 Å². The molecule has 1 heterocycles. The molecule has 3 rings (SSSR count). The summed E-state index contributed by atoms with van der Waals surface area (Å²) < 4.78 is 1.71. The topological polar surface area (TPSA) is 72.7 Å². The summed E-state index contributed by atoms with van der Waals surface area (Å²) in [5.41, 5.74) is 2.18. The average molecular weight is 353 g/mol. The van der Waals surface area contributed by atoms with Crippen LogP contribution in [0.1, 0.15) is 18.1 Å². The molecule has 0 spiro atoms. The molecule has 2 aromatic carbocycles. The van der Waals surface area contributed by atoms with Gasteiger partial charge in [0, 0.05) is 6.54 Å². The number of rotatable bonds is 7. The summed E-state index contributed by atoms with van der Waals surface area (Å²) in [6.45, 7) is 2.95. The third-order valence-electron chi connectivity index (χ3n) is 3.64. The predicted octanol–water partition coefficient (Wildman–Crippen LogP) is 2.52. The number of nitrogens with one attached hydrogen (secondary N) is 1. The minimum absolute atomic E-state index is 0.0388. The smallest absolute Gasteiger partial charge is 0.233 e. The van der Waals surface area contributed by atoms with E-state index in [0.29, 0.717) is 18.2 Å². The number of carbonyl (C=O) groups excluding carboxylic acids is 1. The Labute approximate surface area is 150 Å². The lowest BCUT2D eigenvalue weighted by molar-refractivity contribution is -0.120. The van der Waals surface area contributed by atoms with Crippen LogP contribution in [0.2, 0.25) is 0 Å². The first kappa shape index (κ1) is 17.2. The molecule has 1 atom stereocenters. The Bertz CT molecular complexity index is 807. The summed E-state index contributed by atoms with van der Waals surface area (Å²) in [7, 11) is 0. The van der Waals surface area contributed by atoms with Crippen molar-refractivity contribution < 1.29 is 4.79 Å². The molecular weight excluding hydrogens is 334 g/mol. The highest BCUT2D eigenvalue weighted by Crippen LogP contribution is 2.21. The Morgan fingerprint density at radius 2 is 1.72 bits per heavy atom. The Morgan fingerprint density at radius 3 is 2.40 bits per heavy atom. The highest BCUT2D eigenvalue weighted by Gasteiger charge is 2.18. The molecule has 0 saturated carbocycles. The summed E-state index contributed by atoms with van der Waals surface area (Å²) in [6.07, 6.45) is 0. The Hall–Kier alpha value is -2.67. The Kier molecular flexibility index (Phi) is 5.79. The standard InChI is InChI=1S/C18H19N5OS/c1-14(17(24)19-12-15-8-4-2-5-9-15)25-18-20-21-22-23(18)13-16-10-6-3-7-11-16/h2-11,14H,12-13H2,1H3,(H,19,24)/t14-/m1/s1. The second-order valence-corrected chi connectivity index (χ2v) is 6.88. The largest absolute Gasteiger partial charge is 0.351 e. The molecule has 3 aromatic rings. The summed E-state index contributed by atoms with van der Waals surface area (Å²) >= 11 is 1.35. The first-order valence-corrected chi connectivity index (χ1v) is 8.89. The molecular formula is C18H19N5OS. The SMILES string of the molecule is C[C@@H](Sc1nnnn1Cc1ccccc1)C(=O)NCc1ccccc1. The zero-order valence-corrected chi connectivity index (χ0v) is 14.7. The number of hydrogen-bond donors (Lipinski definition) is 1. The van der Waals surface area contributed by atoms with Gasteiger partial charge in [-0.25, -0.2) is 4.68 Å². The van der Waals surface area contributed by atoms with Gasteiger partial charge in [0.25, 0.3) is 0 Å². The molecule has 0 saturated heterocycles. The van der Waals surface area contributed by atoms with E-state index in [2.05, 4.69) is 20.8 Å². The van der Waals surface area contributed by atoms with Crippen molar-refractivity contribution in [1.29, 1.82) is 0 Å². The van der Waals surface area contributed by atoms with E-state index in [9.17, 15) is 4.79 Å². The number of benzene rings is 2. The van der Waals surface area contributed by atoms with Crippen molar-refractivity contribution in [3.05, 3.63) is 71.8 Å². The van der Waals surface area contributed by atoms with Crippen molar-refractivity contribution in [2.75, 3.05) is 0 Å². The monoisotopic (exact) mass is 353 g/mol.